The van der Waals surface area contributed by atoms with Gasteiger partial charge in [-0.15, -0.1) is 0 Å². The molecule has 222 valence electrons. The van der Waals surface area contributed by atoms with E-state index in [4.69, 9.17) is 9.47 Å². The van der Waals surface area contributed by atoms with Gasteiger partial charge in [0.15, 0.2) is 0 Å². The molecule has 9 heteroatoms. The molecule has 1 N–H and O–H groups in total. The number of nitrogens with zero attached hydrogens (tertiary/aromatic N) is 2. The highest BCUT2D eigenvalue weighted by Gasteiger charge is 2.27. The predicted octanol–water partition coefficient (Wildman–Crippen LogP) is 5.61. The average Bonchev–Trinajstić information content (AvgIpc) is 3.49. The van der Waals surface area contributed by atoms with E-state index < -0.39 is 10.0 Å². The van der Waals surface area contributed by atoms with E-state index >= 15 is 0 Å². The van der Waals surface area contributed by atoms with Crippen LogP contribution < -0.4 is 10.1 Å². The second kappa shape index (κ2) is 12.7. The molecule has 1 aliphatic rings. The molecule has 0 radical (unpaired) electrons. The fourth-order valence-electron chi connectivity index (χ4n) is 5.84. The van der Waals surface area contributed by atoms with E-state index in [-0.39, 0.29) is 16.9 Å². The maximum Gasteiger partial charge on any atom is 0.337 e. The van der Waals surface area contributed by atoms with Gasteiger partial charge in [-0.3, -0.25) is 4.90 Å². The average molecular weight is 590 g/mol. The molecule has 1 saturated heterocycles. The van der Waals surface area contributed by atoms with Crippen LogP contribution in [0.1, 0.15) is 57.9 Å². The molecule has 0 bridgehead atoms. The summed E-state index contributed by atoms with van der Waals surface area (Å²) < 4.78 is 39.7. The van der Waals surface area contributed by atoms with E-state index in [1.165, 1.54) is 11.1 Å². The van der Waals surface area contributed by atoms with Crippen molar-refractivity contribution in [1.82, 2.24) is 14.2 Å². The quantitative estimate of drug-likeness (QED) is 0.281. The van der Waals surface area contributed by atoms with Gasteiger partial charge in [-0.25, -0.2) is 17.2 Å². The third-order valence-corrected chi connectivity index (χ3v) is 9.84. The minimum absolute atomic E-state index is 0.0363. The Labute approximate surface area is 248 Å². The van der Waals surface area contributed by atoms with Gasteiger partial charge in [-0.05, 0) is 87.3 Å². The first kappa shape index (κ1) is 29.8. The highest BCUT2D eigenvalue weighted by Crippen LogP contribution is 2.36. The topological polar surface area (TPSA) is 89.9 Å². The molecule has 8 nitrogen and oxygen atoms in total. The molecule has 2 heterocycles. The van der Waals surface area contributed by atoms with Gasteiger partial charge in [0.25, 0.3) is 10.0 Å². The van der Waals surface area contributed by atoms with Crippen molar-refractivity contribution in [3.05, 3.63) is 94.7 Å². The number of fused-ring (bicyclic) bond motifs is 1. The Balaban J connectivity index is 1.58. The second-order valence-corrected chi connectivity index (χ2v) is 12.7. The largest absolute Gasteiger partial charge is 0.496 e. The molecule has 5 rings (SSSR count). The zero-order valence-corrected chi connectivity index (χ0v) is 25.5. The van der Waals surface area contributed by atoms with Crippen molar-refractivity contribution in [2.24, 2.45) is 0 Å². The van der Waals surface area contributed by atoms with Crippen LogP contribution in [0.5, 0.6) is 5.75 Å². The van der Waals surface area contributed by atoms with Crippen LogP contribution in [0.2, 0.25) is 0 Å². The van der Waals surface area contributed by atoms with E-state index in [0.29, 0.717) is 17.6 Å². The highest BCUT2D eigenvalue weighted by atomic mass is 32.2. The van der Waals surface area contributed by atoms with Crippen molar-refractivity contribution in [1.29, 1.82) is 0 Å². The normalized spacial score (nSPS) is 16.9. The molecule has 1 aromatic heterocycles. The zero-order chi connectivity index (χ0) is 29.9. The van der Waals surface area contributed by atoms with Crippen molar-refractivity contribution in [2.75, 3.05) is 33.9 Å². The van der Waals surface area contributed by atoms with Crippen LogP contribution in [-0.2, 0) is 21.3 Å². The third kappa shape index (κ3) is 5.95. The molecule has 3 aromatic carbocycles. The number of carbonyl (C=O) groups excluding carboxylic acids is 1. The lowest BCUT2D eigenvalue weighted by atomic mass is 10.00. The number of aryl methyl sites for hydroxylation is 2. The van der Waals surface area contributed by atoms with Crippen LogP contribution in [0.4, 0.5) is 0 Å². The van der Waals surface area contributed by atoms with Gasteiger partial charge in [-0.2, -0.15) is 0 Å². The standard InChI is InChI=1S/C33H39N3O5S/c1-23-8-14-27(15-9-23)42(38,39)36-19-16-28-29(31(40-3)20-24(2)32(28)36)22-35-18-7-5-6-17-34-21-30(35)25-10-12-26(13-11-25)33(37)41-4/h8-16,19-20,30,34H,5-7,17-18,21-22H2,1-4H3. The zero-order valence-electron chi connectivity index (χ0n) is 24.7. The first-order chi connectivity index (χ1) is 20.2. The van der Waals surface area contributed by atoms with Crippen molar-refractivity contribution in [2.45, 2.75) is 50.6 Å². The minimum atomic E-state index is -3.80. The summed E-state index contributed by atoms with van der Waals surface area (Å²) in [6.07, 6.45) is 4.92. The number of esters is 1. The highest BCUT2D eigenvalue weighted by molar-refractivity contribution is 7.90. The molecular formula is C33H39N3O5S. The molecule has 0 amide bonds. The van der Waals surface area contributed by atoms with E-state index in [2.05, 4.69) is 10.2 Å². The maximum absolute atomic E-state index is 13.8. The summed E-state index contributed by atoms with van der Waals surface area (Å²) in [5, 5.41) is 4.47. The van der Waals surface area contributed by atoms with Gasteiger partial charge in [-0.1, -0.05) is 36.2 Å². The van der Waals surface area contributed by atoms with Crippen LogP contribution >= 0.6 is 0 Å². The lowest BCUT2D eigenvalue weighted by Gasteiger charge is -2.33. The van der Waals surface area contributed by atoms with E-state index in [0.717, 1.165) is 72.3 Å². The number of ether oxygens (including phenoxy) is 2. The van der Waals surface area contributed by atoms with Crippen molar-refractivity contribution in [3.8, 4) is 5.75 Å². The number of carbonyl (C=O) groups is 1. The lowest BCUT2D eigenvalue weighted by Crippen LogP contribution is -2.36. The minimum Gasteiger partial charge on any atom is -0.496 e. The molecular weight excluding hydrogens is 550 g/mol. The van der Waals surface area contributed by atoms with E-state index in [9.17, 15) is 13.2 Å². The predicted molar refractivity (Wildman–Crippen MR) is 165 cm³/mol. The van der Waals surface area contributed by atoms with Gasteiger partial charge in [0.05, 0.1) is 30.2 Å². The summed E-state index contributed by atoms with van der Waals surface area (Å²) in [6.45, 7) is 6.99. The van der Waals surface area contributed by atoms with Gasteiger partial charge in [0.2, 0.25) is 0 Å². The second-order valence-electron chi connectivity index (χ2n) is 10.9. The molecule has 0 aliphatic carbocycles. The van der Waals surface area contributed by atoms with Crippen molar-refractivity contribution < 1.29 is 22.7 Å². The Hall–Kier alpha value is -3.66. The first-order valence-corrected chi connectivity index (χ1v) is 15.8. The molecule has 42 heavy (non-hydrogen) atoms. The Bertz CT molecular complexity index is 1660. The van der Waals surface area contributed by atoms with Gasteiger partial charge >= 0.3 is 5.97 Å². The first-order valence-electron chi connectivity index (χ1n) is 14.4. The SMILES string of the molecule is COC(=O)c1ccc(C2CNCCCCCN2Cc2c(OC)cc(C)c3c2ccn3S(=O)(=O)c2ccc(C)cc2)cc1. The smallest absolute Gasteiger partial charge is 0.337 e. The van der Waals surface area contributed by atoms with E-state index in [1.807, 2.05) is 62.4 Å². The number of rotatable bonds is 7. The summed E-state index contributed by atoms with van der Waals surface area (Å²) in [5.74, 6) is 0.376. The molecule has 4 aromatic rings. The van der Waals surface area contributed by atoms with Crippen LogP contribution in [-0.4, -0.2) is 57.1 Å². The van der Waals surface area contributed by atoms with Crippen molar-refractivity contribution in [3.63, 3.8) is 0 Å². The fourth-order valence-corrected chi connectivity index (χ4v) is 7.25. The Morgan fingerprint density at radius 2 is 1.71 bits per heavy atom. The molecule has 0 saturated carbocycles. The van der Waals surface area contributed by atoms with Gasteiger partial charge in [0, 0.05) is 36.3 Å². The van der Waals surface area contributed by atoms with Gasteiger partial charge < -0.3 is 14.8 Å². The number of aromatic nitrogens is 1. The summed E-state index contributed by atoms with van der Waals surface area (Å²) >= 11 is 0. The lowest BCUT2D eigenvalue weighted by molar-refractivity contribution is 0.0600. The molecule has 1 atom stereocenters. The maximum atomic E-state index is 13.8. The number of methoxy groups -OCH3 is 2. The molecule has 1 aliphatic heterocycles. The molecule has 1 fully saturated rings. The monoisotopic (exact) mass is 589 g/mol. The summed E-state index contributed by atoms with van der Waals surface area (Å²) in [5.41, 5.74) is 5.05. The molecule has 0 spiro atoms. The number of benzene rings is 3. The number of nitrogens with one attached hydrogen (secondary N) is 1. The third-order valence-electron chi connectivity index (χ3n) is 8.15. The summed E-state index contributed by atoms with van der Waals surface area (Å²) in [4.78, 5) is 14.7. The number of hydrogen-bond donors (Lipinski definition) is 1. The van der Waals surface area contributed by atoms with Crippen LogP contribution in [0.3, 0.4) is 0 Å². The van der Waals surface area contributed by atoms with Crippen LogP contribution in [0.25, 0.3) is 10.9 Å². The Morgan fingerprint density at radius 1 is 0.976 bits per heavy atom. The Morgan fingerprint density at radius 3 is 2.40 bits per heavy atom. The summed E-state index contributed by atoms with van der Waals surface area (Å²) in [7, 11) is -0.755. The van der Waals surface area contributed by atoms with Crippen LogP contribution in [0.15, 0.2) is 71.8 Å². The molecule has 1 unspecified atom stereocenters. The van der Waals surface area contributed by atoms with Gasteiger partial charge in [0.1, 0.15) is 5.75 Å². The van der Waals surface area contributed by atoms with Crippen LogP contribution in [0, 0.1) is 13.8 Å². The van der Waals surface area contributed by atoms with E-state index in [1.54, 1.807) is 25.4 Å². The summed E-state index contributed by atoms with van der Waals surface area (Å²) in [6, 6.07) is 18.4. The Kier molecular flexibility index (Phi) is 9.01. The number of hydrogen-bond acceptors (Lipinski definition) is 7. The fraction of sp³-hybridized carbons (Fsp3) is 0.364. The van der Waals surface area contributed by atoms with Crippen molar-refractivity contribution >= 4 is 26.9 Å².